The second-order valence-corrected chi connectivity index (χ2v) is 4.32. The molecule has 2 rings (SSSR count). The van der Waals surface area contributed by atoms with E-state index in [4.69, 9.17) is 10.5 Å². The first-order valence-corrected chi connectivity index (χ1v) is 5.61. The lowest BCUT2D eigenvalue weighted by Gasteiger charge is -2.17. The fourth-order valence-electron chi connectivity index (χ4n) is 2.32. The minimum Gasteiger partial charge on any atom is -0.464 e. The molecule has 4 nitrogen and oxygen atoms in total. The Morgan fingerprint density at radius 2 is 2.33 bits per heavy atom. The molecule has 1 aliphatic carbocycles. The third-order valence-corrected chi connectivity index (χ3v) is 3.32. The van der Waals surface area contributed by atoms with Gasteiger partial charge in [0, 0.05) is 19.4 Å². The predicted octanol–water partition coefficient (Wildman–Crippen LogP) is 1.17. The van der Waals surface area contributed by atoms with Crippen LogP contribution in [0.4, 0.5) is 0 Å². The van der Waals surface area contributed by atoms with Crippen LogP contribution in [0.2, 0.25) is 0 Å². The normalized spacial score (nSPS) is 25.7. The van der Waals surface area contributed by atoms with E-state index in [1.807, 2.05) is 17.8 Å². The van der Waals surface area contributed by atoms with Crippen molar-refractivity contribution in [1.82, 2.24) is 9.55 Å². The summed E-state index contributed by atoms with van der Waals surface area (Å²) in [6, 6.07) is 0.706. The fraction of sp³-hybridized carbons (Fsp3) is 0.727. The zero-order valence-corrected chi connectivity index (χ0v) is 9.22. The highest BCUT2D eigenvalue weighted by atomic mass is 16.5. The van der Waals surface area contributed by atoms with Crippen LogP contribution in [-0.4, -0.2) is 22.7 Å². The Balaban J connectivity index is 1.85. The van der Waals surface area contributed by atoms with Gasteiger partial charge in [0.1, 0.15) is 0 Å². The van der Waals surface area contributed by atoms with E-state index in [0.29, 0.717) is 17.8 Å². The molecule has 15 heavy (non-hydrogen) atoms. The molecule has 1 aromatic rings. The third kappa shape index (κ3) is 2.31. The molecule has 1 heterocycles. The second-order valence-electron chi connectivity index (χ2n) is 4.32. The summed E-state index contributed by atoms with van der Waals surface area (Å²) in [7, 11) is 1.94. The second kappa shape index (κ2) is 4.66. The van der Waals surface area contributed by atoms with Crippen molar-refractivity contribution in [3.8, 4) is 6.01 Å². The van der Waals surface area contributed by atoms with E-state index in [0.717, 1.165) is 13.2 Å². The van der Waals surface area contributed by atoms with E-state index in [2.05, 4.69) is 4.98 Å². The van der Waals surface area contributed by atoms with Crippen molar-refractivity contribution in [3.63, 3.8) is 0 Å². The maximum absolute atomic E-state index is 5.73. The molecule has 0 aliphatic heterocycles. The molecule has 1 aliphatic rings. The van der Waals surface area contributed by atoms with Gasteiger partial charge in [-0.25, -0.2) is 4.98 Å². The summed E-state index contributed by atoms with van der Waals surface area (Å²) < 4.78 is 7.58. The van der Waals surface area contributed by atoms with Crippen molar-refractivity contribution < 1.29 is 4.74 Å². The van der Waals surface area contributed by atoms with Gasteiger partial charge in [-0.1, -0.05) is 6.42 Å². The van der Waals surface area contributed by atoms with Gasteiger partial charge in [-0.05, 0) is 31.2 Å². The molecule has 0 aromatic carbocycles. The van der Waals surface area contributed by atoms with Crippen molar-refractivity contribution in [2.75, 3.05) is 13.2 Å². The van der Waals surface area contributed by atoms with Gasteiger partial charge < -0.3 is 15.0 Å². The fourth-order valence-corrected chi connectivity index (χ4v) is 2.32. The van der Waals surface area contributed by atoms with E-state index >= 15 is 0 Å². The van der Waals surface area contributed by atoms with E-state index < -0.39 is 0 Å². The number of imidazole rings is 1. The Morgan fingerprint density at radius 3 is 3.00 bits per heavy atom. The summed E-state index contributed by atoms with van der Waals surface area (Å²) >= 11 is 0. The largest absolute Gasteiger partial charge is 0.464 e. The molecule has 2 N–H and O–H groups in total. The smallest absolute Gasteiger partial charge is 0.295 e. The molecule has 1 fully saturated rings. The standard InChI is InChI=1S/C11H19N3O/c1-14-6-5-13-11(14)15-8-10-4-2-3-9(10)7-12/h5-6,9-10H,2-4,7-8,12H2,1H3. The van der Waals surface area contributed by atoms with E-state index in [1.165, 1.54) is 19.3 Å². The van der Waals surface area contributed by atoms with E-state index in [1.54, 1.807) is 6.20 Å². The maximum Gasteiger partial charge on any atom is 0.295 e. The van der Waals surface area contributed by atoms with Crippen LogP contribution >= 0.6 is 0 Å². The lowest BCUT2D eigenvalue weighted by Crippen LogP contribution is -2.23. The highest BCUT2D eigenvalue weighted by Crippen LogP contribution is 2.31. The number of hydrogen-bond acceptors (Lipinski definition) is 3. The van der Waals surface area contributed by atoms with Crippen LogP contribution in [0.1, 0.15) is 19.3 Å². The van der Waals surface area contributed by atoms with Gasteiger partial charge in [0.2, 0.25) is 0 Å². The van der Waals surface area contributed by atoms with E-state index in [9.17, 15) is 0 Å². The number of ether oxygens (including phenoxy) is 1. The van der Waals surface area contributed by atoms with Gasteiger partial charge in [-0.15, -0.1) is 0 Å². The van der Waals surface area contributed by atoms with Crippen molar-refractivity contribution >= 4 is 0 Å². The van der Waals surface area contributed by atoms with Crippen LogP contribution in [-0.2, 0) is 7.05 Å². The Bertz CT molecular complexity index is 311. The molecule has 0 bridgehead atoms. The van der Waals surface area contributed by atoms with Crippen LogP contribution in [0.15, 0.2) is 12.4 Å². The Kier molecular flexibility index (Phi) is 3.26. The van der Waals surface area contributed by atoms with Gasteiger partial charge >= 0.3 is 0 Å². The lowest BCUT2D eigenvalue weighted by atomic mass is 9.97. The highest BCUT2D eigenvalue weighted by molar-refractivity contribution is 4.97. The quantitative estimate of drug-likeness (QED) is 0.810. The third-order valence-electron chi connectivity index (χ3n) is 3.32. The Morgan fingerprint density at radius 1 is 1.53 bits per heavy atom. The number of nitrogens with two attached hydrogens (primary N) is 1. The van der Waals surface area contributed by atoms with Crippen molar-refractivity contribution in [2.24, 2.45) is 24.6 Å². The monoisotopic (exact) mass is 209 g/mol. The molecule has 0 amide bonds. The number of nitrogens with zero attached hydrogens (tertiary/aromatic N) is 2. The summed E-state index contributed by atoms with van der Waals surface area (Å²) in [5.41, 5.74) is 5.73. The highest BCUT2D eigenvalue weighted by Gasteiger charge is 2.26. The summed E-state index contributed by atoms with van der Waals surface area (Å²) in [5.74, 6) is 1.26. The zero-order chi connectivity index (χ0) is 10.7. The molecular formula is C11H19N3O. The molecule has 84 valence electrons. The van der Waals surface area contributed by atoms with Crippen LogP contribution in [0.5, 0.6) is 6.01 Å². The van der Waals surface area contributed by atoms with Gasteiger partial charge in [0.05, 0.1) is 6.61 Å². The molecule has 1 aromatic heterocycles. The number of aromatic nitrogens is 2. The summed E-state index contributed by atoms with van der Waals surface area (Å²) in [4.78, 5) is 4.14. The predicted molar refractivity (Wildman–Crippen MR) is 58.6 cm³/mol. The molecule has 2 atom stereocenters. The lowest BCUT2D eigenvalue weighted by molar-refractivity contribution is 0.198. The number of aryl methyl sites for hydroxylation is 1. The first-order valence-electron chi connectivity index (χ1n) is 5.61. The van der Waals surface area contributed by atoms with Crippen LogP contribution in [0.25, 0.3) is 0 Å². The van der Waals surface area contributed by atoms with Crippen LogP contribution < -0.4 is 10.5 Å². The molecule has 0 radical (unpaired) electrons. The first kappa shape index (κ1) is 10.5. The molecule has 1 saturated carbocycles. The van der Waals surface area contributed by atoms with Crippen LogP contribution in [0.3, 0.4) is 0 Å². The average molecular weight is 209 g/mol. The van der Waals surface area contributed by atoms with E-state index in [-0.39, 0.29) is 0 Å². The Hall–Kier alpha value is -1.03. The van der Waals surface area contributed by atoms with Crippen molar-refractivity contribution in [2.45, 2.75) is 19.3 Å². The summed E-state index contributed by atoms with van der Waals surface area (Å²) in [6.45, 7) is 1.54. The van der Waals surface area contributed by atoms with Crippen molar-refractivity contribution in [1.29, 1.82) is 0 Å². The molecule has 2 unspecified atom stereocenters. The minimum atomic E-state index is 0.617. The van der Waals surface area contributed by atoms with Gasteiger partial charge in [0.25, 0.3) is 6.01 Å². The topological polar surface area (TPSA) is 53.1 Å². The van der Waals surface area contributed by atoms with Gasteiger partial charge in [-0.2, -0.15) is 0 Å². The Labute approximate surface area is 90.4 Å². The minimum absolute atomic E-state index is 0.617. The average Bonchev–Trinajstić information content (AvgIpc) is 2.83. The molecule has 0 saturated heterocycles. The molecule has 4 heteroatoms. The maximum atomic E-state index is 5.73. The van der Waals surface area contributed by atoms with Gasteiger partial charge in [-0.3, -0.25) is 0 Å². The summed E-state index contributed by atoms with van der Waals surface area (Å²) in [5, 5.41) is 0. The summed E-state index contributed by atoms with van der Waals surface area (Å²) in [6.07, 6.45) is 7.43. The molecule has 0 spiro atoms. The number of rotatable bonds is 4. The SMILES string of the molecule is Cn1ccnc1OCC1CCCC1CN. The van der Waals surface area contributed by atoms with Crippen LogP contribution in [0, 0.1) is 11.8 Å². The van der Waals surface area contributed by atoms with Gasteiger partial charge in [0.15, 0.2) is 0 Å². The molecular weight excluding hydrogens is 190 g/mol. The first-order chi connectivity index (χ1) is 7.31. The van der Waals surface area contributed by atoms with Crippen molar-refractivity contribution in [3.05, 3.63) is 12.4 Å². The number of hydrogen-bond donors (Lipinski definition) is 1. The zero-order valence-electron chi connectivity index (χ0n) is 9.22.